The van der Waals surface area contributed by atoms with E-state index in [1.165, 1.54) is 25.0 Å². The lowest BCUT2D eigenvalue weighted by Crippen LogP contribution is -2.64. The molecule has 6 rings (SSSR count). The van der Waals surface area contributed by atoms with E-state index in [9.17, 15) is 9.59 Å². The van der Waals surface area contributed by atoms with Crippen molar-refractivity contribution in [3.05, 3.63) is 108 Å². The van der Waals surface area contributed by atoms with E-state index < -0.39 is 17.8 Å². The number of piperidine rings is 2. The number of carbonyl (C=O) groups is 2. The summed E-state index contributed by atoms with van der Waals surface area (Å²) in [6.45, 7) is 10.2. The lowest BCUT2D eigenvalue weighted by Gasteiger charge is -2.49. The smallest absolute Gasteiger partial charge is 0.330 e. The molecule has 0 radical (unpaired) electrons. The van der Waals surface area contributed by atoms with Gasteiger partial charge < -0.3 is 20.5 Å². The second-order valence-corrected chi connectivity index (χ2v) is 15.1. The van der Waals surface area contributed by atoms with Crippen molar-refractivity contribution in [2.75, 3.05) is 19.8 Å². The molecule has 3 atom stereocenters. The number of ether oxygens (including phenoxy) is 2. The Morgan fingerprint density at radius 2 is 1.53 bits per heavy atom. The van der Waals surface area contributed by atoms with E-state index in [4.69, 9.17) is 15.2 Å². The van der Waals surface area contributed by atoms with Gasteiger partial charge in [-0.15, -0.1) is 0 Å². The highest BCUT2D eigenvalue weighted by molar-refractivity contribution is 5.82. The predicted molar refractivity (Wildman–Crippen MR) is 205 cm³/mol. The molecule has 0 amide bonds. The fraction of sp³-hybridized carbons (Fsp3) is 0.455. The standard InChI is InChI=1S/C44H53F2N3O4/c1-4-7-28-8-10-29(11-9-28)35-14-12-30(24-37(35)45)36-15-13-31(25-38(36)46)43-32(16-20-52-41(50)5-2)22-34(23-33(43)17-21-53-42(51)6-3)44-18-19-48-40(27-44)49-39(47)26-44/h5-6,12-15,22-25,28-29,39-40,48-49H,2-4,7-11,16-21,26-27,47H2,1H3. The quantitative estimate of drug-likeness (QED) is 0.114. The van der Waals surface area contributed by atoms with Crippen molar-refractivity contribution < 1.29 is 27.8 Å². The average molecular weight is 726 g/mol. The van der Waals surface area contributed by atoms with Crippen molar-refractivity contribution in [1.82, 2.24) is 10.6 Å². The lowest BCUT2D eigenvalue weighted by atomic mass is 9.66. The number of hydrogen-bond acceptors (Lipinski definition) is 7. The monoisotopic (exact) mass is 725 g/mol. The Balaban J connectivity index is 1.37. The number of carbonyl (C=O) groups excluding carboxylic acids is 2. The number of halogens is 2. The van der Waals surface area contributed by atoms with Crippen LogP contribution in [0, 0.1) is 17.6 Å². The van der Waals surface area contributed by atoms with Gasteiger partial charge in [-0.3, -0.25) is 5.32 Å². The Kier molecular flexibility index (Phi) is 12.6. The van der Waals surface area contributed by atoms with Crippen LogP contribution < -0.4 is 16.4 Å². The fourth-order valence-electron chi connectivity index (χ4n) is 9.05. The van der Waals surface area contributed by atoms with Crippen molar-refractivity contribution >= 4 is 11.9 Å². The highest BCUT2D eigenvalue weighted by Crippen LogP contribution is 2.45. The zero-order valence-electron chi connectivity index (χ0n) is 30.9. The van der Waals surface area contributed by atoms with Gasteiger partial charge in [0.2, 0.25) is 0 Å². The SMILES string of the molecule is C=CC(=O)OCCc1cc(C23CCNC(C2)NC(N)C3)cc(CCOC(=O)C=C)c1-c1ccc(-c2ccc(C3CCC(CCC)CC3)c(F)c2)c(F)c1. The van der Waals surface area contributed by atoms with Crippen molar-refractivity contribution in [3.63, 3.8) is 0 Å². The molecule has 2 saturated heterocycles. The molecule has 7 nitrogen and oxygen atoms in total. The van der Waals surface area contributed by atoms with Gasteiger partial charge in [-0.05, 0) is 114 Å². The maximum absolute atomic E-state index is 16.3. The summed E-state index contributed by atoms with van der Waals surface area (Å²) >= 11 is 0. The molecule has 2 aliphatic heterocycles. The van der Waals surface area contributed by atoms with Gasteiger partial charge >= 0.3 is 11.9 Å². The summed E-state index contributed by atoms with van der Waals surface area (Å²) in [6, 6.07) is 14.5. The van der Waals surface area contributed by atoms with Crippen LogP contribution in [-0.2, 0) is 37.3 Å². The maximum Gasteiger partial charge on any atom is 0.330 e. The average Bonchev–Trinajstić information content (AvgIpc) is 3.14. The Bertz CT molecular complexity index is 1770. The molecule has 3 fully saturated rings. The third-order valence-corrected chi connectivity index (χ3v) is 11.6. The van der Waals surface area contributed by atoms with Crippen LogP contribution in [-0.4, -0.2) is 44.0 Å². The van der Waals surface area contributed by atoms with E-state index in [0.29, 0.717) is 29.5 Å². The molecule has 282 valence electrons. The normalized spacial score (nSPS) is 23.9. The van der Waals surface area contributed by atoms with Gasteiger partial charge in [0.15, 0.2) is 0 Å². The largest absolute Gasteiger partial charge is 0.462 e. The minimum atomic E-state index is -0.527. The topological polar surface area (TPSA) is 103 Å². The number of esters is 2. The van der Waals surface area contributed by atoms with Gasteiger partial charge in [-0.2, -0.15) is 0 Å². The van der Waals surface area contributed by atoms with E-state index in [1.807, 2.05) is 18.2 Å². The molecule has 4 N–H and O–H groups in total. The number of fused-ring (bicyclic) bond motifs is 2. The molecular formula is C44H53F2N3O4. The summed E-state index contributed by atoms with van der Waals surface area (Å²) in [5.74, 6) is -0.896. The number of rotatable bonds is 14. The summed E-state index contributed by atoms with van der Waals surface area (Å²) < 4.78 is 42.8. The molecule has 3 unspecified atom stereocenters. The zero-order chi connectivity index (χ0) is 37.5. The van der Waals surface area contributed by atoms with Gasteiger partial charge in [-0.25, -0.2) is 18.4 Å². The minimum Gasteiger partial charge on any atom is -0.462 e. The maximum atomic E-state index is 16.3. The number of benzene rings is 3. The molecule has 0 aromatic heterocycles. The summed E-state index contributed by atoms with van der Waals surface area (Å²) in [5.41, 5.74) is 12.1. The first-order chi connectivity index (χ1) is 25.6. The first kappa shape index (κ1) is 38.5. The van der Waals surface area contributed by atoms with Crippen LogP contribution in [0.1, 0.15) is 92.9 Å². The molecule has 53 heavy (non-hydrogen) atoms. The van der Waals surface area contributed by atoms with Gasteiger partial charge in [0.05, 0.1) is 25.5 Å². The third-order valence-electron chi connectivity index (χ3n) is 11.6. The summed E-state index contributed by atoms with van der Waals surface area (Å²) in [6.07, 6.45) is 11.9. The highest BCUT2D eigenvalue weighted by Gasteiger charge is 2.43. The summed E-state index contributed by atoms with van der Waals surface area (Å²) in [5, 5.41) is 6.95. The van der Waals surface area contributed by atoms with Crippen LogP contribution in [0.15, 0.2) is 73.8 Å². The summed E-state index contributed by atoms with van der Waals surface area (Å²) in [4.78, 5) is 24.1. The Morgan fingerprint density at radius 1 is 0.887 bits per heavy atom. The predicted octanol–water partition coefficient (Wildman–Crippen LogP) is 8.14. The van der Waals surface area contributed by atoms with Gasteiger partial charge in [-0.1, -0.05) is 69.3 Å². The minimum absolute atomic E-state index is 0.0718. The van der Waals surface area contributed by atoms with Crippen LogP contribution in [0.2, 0.25) is 0 Å². The van der Waals surface area contributed by atoms with E-state index in [0.717, 1.165) is 97.4 Å². The third kappa shape index (κ3) is 8.97. The molecule has 3 aromatic carbocycles. The van der Waals surface area contributed by atoms with Crippen molar-refractivity contribution in [2.45, 2.75) is 101 Å². The molecule has 9 heteroatoms. The molecule has 2 bridgehead atoms. The zero-order valence-corrected chi connectivity index (χ0v) is 30.9. The molecule has 3 aromatic rings. The summed E-state index contributed by atoms with van der Waals surface area (Å²) in [7, 11) is 0. The Labute approximate surface area is 312 Å². The van der Waals surface area contributed by atoms with Gasteiger partial charge in [0, 0.05) is 36.0 Å². The fourth-order valence-corrected chi connectivity index (χ4v) is 9.05. The Morgan fingerprint density at radius 3 is 2.13 bits per heavy atom. The van der Waals surface area contributed by atoms with Crippen LogP contribution in [0.4, 0.5) is 8.78 Å². The number of nitrogens with two attached hydrogens (primary N) is 1. The van der Waals surface area contributed by atoms with Gasteiger partial charge in [0.1, 0.15) is 11.6 Å². The van der Waals surface area contributed by atoms with E-state index in [-0.39, 0.29) is 42.7 Å². The molecule has 1 aliphatic carbocycles. The van der Waals surface area contributed by atoms with E-state index in [1.54, 1.807) is 6.07 Å². The van der Waals surface area contributed by atoms with Gasteiger partial charge in [0.25, 0.3) is 0 Å². The molecule has 1 saturated carbocycles. The van der Waals surface area contributed by atoms with E-state index in [2.05, 4.69) is 42.8 Å². The van der Waals surface area contributed by atoms with Crippen molar-refractivity contribution in [3.8, 4) is 22.3 Å². The lowest BCUT2D eigenvalue weighted by molar-refractivity contribution is -0.138. The molecule has 0 spiro atoms. The number of hydrogen-bond donors (Lipinski definition) is 3. The van der Waals surface area contributed by atoms with Crippen LogP contribution in [0.3, 0.4) is 0 Å². The Hall–Kier alpha value is -4.18. The highest BCUT2D eigenvalue weighted by atomic mass is 19.1. The second-order valence-electron chi connectivity index (χ2n) is 15.1. The van der Waals surface area contributed by atoms with Crippen LogP contribution >= 0.6 is 0 Å². The molecule has 3 aliphatic rings. The second kappa shape index (κ2) is 17.3. The van der Waals surface area contributed by atoms with Crippen LogP contribution in [0.25, 0.3) is 22.3 Å². The van der Waals surface area contributed by atoms with Crippen molar-refractivity contribution in [1.29, 1.82) is 0 Å². The first-order valence-corrected chi connectivity index (χ1v) is 19.2. The molecule has 2 heterocycles. The molecular weight excluding hydrogens is 672 g/mol. The first-order valence-electron chi connectivity index (χ1n) is 19.2. The van der Waals surface area contributed by atoms with E-state index >= 15 is 8.78 Å². The van der Waals surface area contributed by atoms with Crippen LogP contribution in [0.5, 0.6) is 0 Å². The number of nitrogens with one attached hydrogen (secondary N) is 2. The van der Waals surface area contributed by atoms with Crippen molar-refractivity contribution in [2.24, 2.45) is 11.7 Å².